The second-order valence-electron chi connectivity index (χ2n) is 6.82. The van der Waals surface area contributed by atoms with Crippen LogP contribution in [0.1, 0.15) is 40.5 Å². The van der Waals surface area contributed by atoms with E-state index in [0.717, 1.165) is 6.42 Å². The van der Waals surface area contributed by atoms with E-state index in [1.165, 1.54) is 48.5 Å². The van der Waals surface area contributed by atoms with Crippen LogP contribution in [0.5, 0.6) is 0 Å². The Hall–Kier alpha value is -3.82. The van der Waals surface area contributed by atoms with Gasteiger partial charge in [-0.05, 0) is 43.0 Å². The number of hydrogen-bond donors (Lipinski definition) is 2. The number of non-ortho nitro benzene ring substituents is 2. The fourth-order valence-electron chi connectivity index (χ4n) is 2.69. The van der Waals surface area contributed by atoms with Gasteiger partial charge in [0.05, 0.1) is 9.85 Å². The largest absolute Gasteiger partial charge is 0.352 e. The normalized spacial score (nSPS) is 11.4. The number of rotatable bonds is 10. The molecule has 0 aliphatic rings. The van der Waals surface area contributed by atoms with Crippen LogP contribution >= 0.6 is 0 Å². The predicted molar refractivity (Wildman–Crippen MR) is 109 cm³/mol. The number of hydrogen-bond acceptors (Lipinski definition) is 6. The molecule has 1 atom stereocenters. The second kappa shape index (κ2) is 10.6. The highest BCUT2D eigenvalue weighted by Crippen LogP contribution is 2.13. The molecule has 2 amide bonds. The summed E-state index contributed by atoms with van der Waals surface area (Å²) in [5.74, 6) is -0.435. The number of amides is 2. The third-order valence-corrected chi connectivity index (χ3v) is 4.45. The summed E-state index contributed by atoms with van der Waals surface area (Å²) in [6, 6.07) is 10.8. The zero-order chi connectivity index (χ0) is 22.1. The van der Waals surface area contributed by atoms with Crippen LogP contribution in [0.2, 0.25) is 0 Å². The van der Waals surface area contributed by atoms with Crippen LogP contribution in [-0.2, 0) is 0 Å². The van der Waals surface area contributed by atoms with Gasteiger partial charge in [-0.2, -0.15) is 0 Å². The summed E-state index contributed by atoms with van der Waals surface area (Å²) in [6.07, 6.45) is 1.47. The van der Waals surface area contributed by atoms with Crippen molar-refractivity contribution in [2.75, 3.05) is 13.1 Å². The van der Waals surface area contributed by atoms with Crippen molar-refractivity contribution in [3.05, 3.63) is 79.9 Å². The van der Waals surface area contributed by atoms with Gasteiger partial charge in [-0.15, -0.1) is 0 Å². The van der Waals surface area contributed by atoms with E-state index in [2.05, 4.69) is 10.6 Å². The van der Waals surface area contributed by atoms with E-state index < -0.39 is 9.85 Å². The first kappa shape index (κ1) is 22.5. The summed E-state index contributed by atoms with van der Waals surface area (Å²) in [4.78, 5) is 44.3. The van der Waals surface area contributed by atoms with Crippen molar-refractivity contribution >= 4 is 23.2 Å². The first-order valence-electron chi connectivity index (χ1n) is 9.33. The van der Waals surface area contributed by atoms with Crippen molar-refractivity contribution in [1.82, 2.24) is 10.6 Å². The van der Waals surface area contributed by atoms with Crippen molar-refractivity contribution in [2.24, 2.45) is 5.92 Å². The highest BCUT2D eigenvalue weighted by atomic mass is 16.6. The van der Waals surface area contributed by atoms with Crippen LogP contribution in [0.25, 0.3) is 0 Å². The average Bonchev–Trinajstić information content (AvgIpc) is 2.75. The molecule has 30 heavy (non-hydrogen) atoms. The smallest absolute Gasteiger partial charge is 0.269 e. The lowest BCUT2D eigenvalue weighted by Gasteiger charge is -2.13. The van der Waals surface area contributed by atoms with E-state index in [1.807, 2.05) is 6.92 Å². The standard InChI is InChI=1S/C20H22N4O6/c1-14(13-22-20(26)16-6-10-18(11-7-16)24(29)30)3-2-12-21-19(25)15-4-8-17(9-5-15)23(27)28/h4-11,14H,2-3,12-13H2,1H3,(H,21,25)(H,22,26). The van der Waals surface area contributed by atoms with Crippen LogP contribution in [0, 0.1) is 26.1 Å². The number of carbonyl (C=O) groups is 2. The third-order valence-electron chi connectivity index (χ3n) is 4.45. The van der Waals surface area contributed by atoms with Gasteiger partial charge < -0.3 is 10.6 Å². The number of nitro groups is 2. The van der Waals surface area contributed by atoms with Gasteiger partial charge in [-0.3, -0.25) is 29.8 Å². The number of nitrogens with zero attached hydrogens (tertiary/aromatic N) is 2. The Labute approximate surface area is 172 Å². The maximum absolute atomic E-state index is 12.1. The molecular formula is C20H22N4O6. The zero-order valence-corrected chi connectivity index (χ0v) is 16.4. The van der Waals surface area contributed by atoms with E-state index in [9.17, 15) is 29.8 Å². The van der Waals surface area contributed by atoms with Gasteiger partial charge in [-0.1, -0.05) is 6.92 Å². The summed E-state index contributed by atoms with van der Waals surface area (Å²) >= 11 is 0. The van der Waals surface area contributed by atoms with Gasteiger partial charge in [0.15, 0.2) is 0 Å². The zero-order valence-electron chi connectivity index (χ0n) is 16.4. The third kappa shape index (κ3) is 6.66. The summed E-state index contributed by atoms with van der Waals surface area (Å²) in [7, 11) is 0. The minimum Gasteiger partial charge on any atom is -0.352 e. The van der Waals surface area contributed by atoms with Crippen molar-refractivity contribution in [2.45, 2.75) is 19.8 Å². The Morgan fingerprint density at radius 2 is 1.27 bits per heavy atom. The number of carbonyl (C=O) groups excluding carboxylic acids is 2. The maximum Gasteiger partial charge on any atom is 0.269 e. The molecular weight excluding hydrogens is 392 g/mol. The molecule has 0 radical (unpaired) electrons. The predicted octanol–water partition coefficient (Wildman–Crippen LogP) is 3.08. The molecule has 1 unspecified atom stereocenters. The van der Waals surface area contributed by atoms with Crippen LogP contribution in [-0.4, -0.2) is 34.8 Å². The molecule has 0 spiro atoms. The maximum atomic E-state index is 12.1. The minimum absolute atomic E-state index is 0.0730. The molecule has 0 saturated heterocycles. The lowest BCUT2D eigenvalue weighted by Crippen LogP contribution is -2.29. The summed E-state index contributed by atoms with van der Waals surface area (Å²) < 4.78 is 0. The Bertz CT molecular complexity index is 912. The van der Waals surface area contributed by atoms with Crippen LogP contribution in [0.3, 0.4) is 0 Å². The molecule has 10 heteroatoms. The van der Waals surface area contributed by atoms with E-state index in [1.54, 1.807) is 0 Å². The Morgan fingerprint density at radius 1 is 0.833 bits per heavy atom. The minimum atomic E-state index is -0.524. The highest BCUT2D eigenvalue weighted by Gasteiger charge is 2.12. The topological polar surface area (TPSA) is 144 Å². The molecule has 2 aromatic carbocycles. The fraction of sp³-hybridized carbons (Fsp3) is 0.300. The molecule has 2 N–H and O–H groups in total. The number of benzene rings is 2. The highest BCUT2D eigenvalue weighted by molar-refractivity contribution is 5.94. The van der Waals surface area contributed by atoms with Crippen LogP contribution in [0.15, 0.2) is 48.5 Å². The first-order chi connectivity index (χ1) is 14.3. The summed E-state index contributed by atoms with van der Waals surface area (Å²) in [5.41, 5.74) is 0.555. The molecule has 2 aromatic rings. The van der Waals surface area contributed by atoms with Crippen molar-refractivity contribution in [3.63, 3.8) is 0 Å². The van der Waals surface area contributed by atoms with Gasteiger partial charge in [0.1, 0.15) is 0 Å². The van der Waals surface area contributed by atoms with Gasteiger partial charge in [0.25, 0.3) is 23.2 Å². The van der Waals surface area contributed by atoms with Crippen LogP contribution in [0.4, 0.5) is 11.4 Å². The molecule has 2 rings (SSSR count). The van der Waals surface area contributed by atoms with E-state index in [4.69, 9.17) is 0 Å². The molecule has 158 valence electrons. The Morgan fingerprint density at radius 3 is 1.70 bits per heavy atom. The van der Waals surface area contributed by atoms with Gasteiger partial charge in [0.2, 0.25) is 0 Å². The lowest BCUT2D eigenvalue weighted by molar-refractivity contribution is -0.385. The first-order valence-corrected chi connectivity index (χ1v) is 9.33. The molecule has 0 bridgehead atoms. The van der Waals surface area contributed by atoms with Crippen LogP contribution < -0.4 is 10.6 Å². The molecule has 10 nitrogen and oxygen atoms in total. The molecule has 0 aliphatic carbocycles. The van der Waals surface area contributed by atoms with E-state index >= 15 is 0 Å². The van der Waals surface area contributed by atoms with Crippen molar-refractivity contribution in [3.8, 4) is 0 Å². The molecule has 0 saturated carbocycles. The molecule has 0 aliphatic heterocycles. The SMILES string of the molecule is CC(CCCNC(=O)c1ccc([N+](=O)[O-])cc1)CNC(=O)c1ccc([N+](=O)[O-])cc1. The number of nitro benzene ring substituents is 2. The Kier molecular flexibility index (Phi) is 7.98. The monoisotopic (exact) mass is 414 g/mol. The van der Waals surface area contributed by atoms with Crippen molar-refractivity contribution < 1.29 is 19.4 Å². The second-order valence-corrected chi connectivity index (χ2v) is 6.82. The summed E-state index contributed by atoms with van der Waals surface area (Å²) in [6.45, 7) is 2.84. The van der Waals surface area contributed by atoms with E-state index in [-0.39, 0.29) is 29.1 Å². The Balaban J connectivity index is 1.67. The lowest BCUT2D eigenvalue weighted by atomic mass is 10.1. The summed E-state index contributed by atoms with van der Waals surface area (Å²) in [5, 5.41) is 26.8. The molecule has 0 heterocycles. The van der Waals surface area contributed by atoms with E-state index in [0.29, 0.717) is 30.6 Å². The number of nitrogens with one attached hydrogen (secondary N) is 2. The average molecular weight is 414 g/mol. The van der Waals surface area contributed by atoms with Gasteiger partial charge in [-0.25, -0.2) is 0 Å². The molecule has 0 aromatic heterocycles. The quantitative estimate of drug-likeness (QED) is 0.347. The van der Waals surface area contributed by atoms with Gasteiger partial charge >= 0.3 is 0 Å². The van der Waals surface area contributed by atoms with Crippen molar-refractivity contribution in [1.29, 1.82) is 0 Å². The van der Waals surface area contributed by atoms with Gasteiger partial charge in [0, 0.05) is 48.5 Å². The fourth-order valence-corrected chi connectivity index (χ4v) is 2.69. The molecule has 0 fully saturated rings.